The Hall–Kier alpha value is -1.39. The summed E-state index contributed by atoms with van der Waals surface area (Å²) >= 11 is 5.78. The molecular formula is C10H10ClN3O. The molecule has 1 aromatic carbocycles. The molecule has 1 unspecified atom stereocenters. The summed E-state index contributed by atoms with van der Waals surface area (Å²) < 4.78 is 4.86. The van der Waals surface area contributed by atoms with E-state index >= 15 is 0 Å². The lowest BCUT2D eigenvalue weighted by atomic mass is 10.1. The lowest BCUT2D eigenvalue weighted by Crippen LogP contribution is -2.13. The monoisotopic (exact) mass is 223 g/mol. The summed E-state index contributed by atoms with van der Waals surface area (Å²) in [5.41, 5.74) is 6.85. The Morgan fingerprint density at radius 1 is 1.33 bits per heavy atom. The summed E-state index contributed by atoms with van der Waals surface area (Å²) in [5, 5.41) is 4.45. The van der Waals surface area contributed by atoms with Crippen LogP contribution < -0.4 is 5.73 Å². The number of halogens is 1. The standard InChI is InChI=1S/C10H10ClN3O/c1-6-13-10(14-15-6)9(12)7-2-4-8(11)5-3-7/h2-5,9H,12H2,1H3. The fourth-order valence-electron chi connectivity index (χ4n) is 1.26. The molecule has 1 aromatic heterocycles. The molecule has 2 N–H and O–H groups in total. The quantitative estimate of drug-likeness (QED) is 0.847. The molecule has 0 saturated carbocycles. The lowest BCUT2D eigenvalue weighted by Gasteiger charge is -2.06. The number of hydrogen-bond acceptors (Lipinski definition) is 4. The van der Waals surface area contributed by atoms with E-state index < -0.39 is 0 Å². The van der Waals surface area contributed by atoms with Crippen LogP contribution in [0.3, 0.4) is 0 Å². The van der Waals surface area contributed by atoms with Gasteiger partial charge in [-0.2, -0.15) is 4.98 Å². The molecular weight excluding hydrogens is 214 g/mol. The predicted octanol–water partition coefficient (Wildman–Crippen LogP) is 2.08. The number of aryl methyl sites for hydroxylation is 1. The van der Waals surface area contributed by atoms with Gasteiger partial charge in [-0.1, -0.05) is 28.9 Å². The molecule has 0 aliphatic carbocycles. The lowest BCUT2D eigenvalue weighted by molar-refractivity contribution is 0.385. The molecule has 1 heterocycles. The SMILES string of the molecule is Cc1nc(C(N)c2ccc(Cl)cc2)no1. The number of benzene rings is 1. The van der Waals surface area contributed by atoms with Crippen LogP contribution in [0.5, 0.6) is 0 Å². The maximum atomic E-state index is 5.95. The topological polar surface area (TPSA) is 64.9 Å². The maximum Gasteiger partial charge on any atom is 0.223 e. The molecule has 0 aliphatic rings. The van der Waals surface area contributed by atoms with Gasteiger partial charge in [-0.15, -0.1) is 0 Å². The fraction of sp³-hybridized carbons (Fsp3) is 0.200. The molecule has 2 aromatic rings. The Labute approximate surface area is 92.0 Å². The van der Waals surface area contributed by atoms with E-state index in [1.807, 2.05) is 12.1 Å². The second kappa shape index (κ2) is 4.00. The van der Waals surface area contributed by atoms with Gasteiger partial charge in [0.1, 0.15) is 0 Å². The fourth-order valence-corrected chi connectivity index (χ4v) is 1.39. The molecule has 0 amide bonds. The third kappa shape index (κ3) is 2.16. The van der Waals surface area contributed by atoms with Gasteiger partial charge in [-0.25, -0.2) is 0 Å². The van der Waals surface area contributed by atoms with Crippen LogP contribution in [0, 0.1) is 6.92 Å². The van der Waals surface area contributed by atoms with E-state index in [2.05, 4.69) is 10.1 Å². The molecule has 0 spiro atoms. The minimum absolute atomic E-state index is 0.375. The highest BCUT2D eigenvalue weighted by atomic mass is 35.5. The second-order valence-corrected chi connectivity index (χ2v) is 3.64. The Morgan fingerprint density at radius 2 is 2.00 bits per heavy atom. The first-order valence-electron chi connectivity index (χ1n) is 4.48. The van der Waals surface area contributed by atoms with Crippen molar-refractivity contribution < 1.29 is 4.52 Å². The van der Waals surface area contributed by atoms with E-state index in [1.54, 1.807) is 19.1 Å². The van der Waals surface area contributed by atoms with Crippen LogP contribution in [-0.4, -0.2) is 10.1 Å². The van der Waals surface area contributed by atoms with Crippen molar-refractivity contribution in [2.24, 2.45) is 5.73 Å². The predicted molar refractivity (Wildman–Crippen MR) is 56.5 cm³/mol. The Morgan fingerprint density at radius 3 is 2.53 bits per heavy atom. The summed E-state index contributed by atoms with van der Waals surface area (Å²) in [6.07, 6.45) is 0. The van der Waals surface area contributed by atoms with Crippen LogP contribution in [0.15, 0.2) is 28.8 Å². The average molecular weight is 224 g/mol. The second-order valence-electron chi connectivity index (χ2n) is 3.20. The molecule has 2 rings (SSSR count). The molecule has 0 fully saturated rings. The van der Waals surface area contributed by atoms with Gasteiger partial charge in [-0.05, 0) is 17.7 Å². The van der Waals surface area contributed by atoms with E-state index in [-0.39, 0.29) is 6.04 Å². The van der Waals surface area contributed by atoms with E-state index in [9.17, 15) is 0 Å². The highest BCUT2D eigenvalue weighted by Gasteiger charge is 2.14. The minimum Gasteiger partial charge on any atom is -0.340 e. The van der Waals surface area contributed by atoms with Gasteiger partial charge in [0.2, 0.25) is 5.89 Å². The van der Waals surface area contributed by atoms with Crippen LogP contribution >= 0.6 is 11.6 Å². The normalized spacial score (nSPS) is 12.7. The highest BCUT2D eigenvalue weighted by Crippen LogP contribution is 2.18. The van der Waals surface area contributed by atoms with Crippen molar-refractivity contribution in [1.29, 1.82) is 0 Å². The van der Waals surface area contributed by atoms with Gasteiger partial charge in [0.15, 0.2) is 5.82 Å². The van der Waals surface area contributed by atoms with Crippen LogP contribution in [0.4, 0.5) is 0 Å². The van der Waals surface area contributed by atoms with Gasteiger partial charge < -0.3 is 10.3 Å². The first-order chi connectivity index (χ1) is 7.16. The van der Waals surface area contributed by atoms with Crippen LogP contribution in [0.1, 0.15) is 23.3 Å². The molecule has 0 bridgehead atoms. The summed E-state index contributed by atoms with van der Waals surface area (Å²) in [6, 6.07) is 6.88. The van der Waals surface area contributed by atoms with E-state index in [4.69, 9.17) is 21.9 Å². The average Bonchev–Trinajstić information content (AvgIpc) is 2.65. The van der Waals surface area contributed by atoms with Gasteiger partial charge in [0.05, 0.1) is 6.04 Å². The zero-order valence-electron chi connectivity index (χ0n) is 8.14. The Kier molecular flexibility index (Phi) is 2.70. The van der Waals surface area contributed by atoms with Gasteiger partial charge in [0.25, 0.3) is 0 Å². The molecule has 0 saturated heterocycles. The summed E-state index contributed by atoms with van der Waals surface area (Å²) in [5.74, 6) is 0.990. The molecule has 4 nitrogen and oxygen atoms in total. The van der Waals surface area contributed by atoms with E-state index in [1.165, 1.54) is 0 Å². The number of nitrogens with two attached hydrogens (primary N) is 1. The smallest absolute Gasteiger partial charge is 0.223 e. The molecule has 15 heavy (non-hydrogen) atoms. The van der Waals surface area contributed by atoms with Crippen LogP contribution in [0.2, 0.25) is 5.02 Å². The number of hydrogen-bond donors (Lipinski definition) is 1. The summed E-state index contributed by atoms with van der Waals surface area (Å²) in [7, 11) is 0. The molecule has 0 aliphatic heterocycles. The van der Waals surface area contributed by atoms with Gasteiger partial charge >= 0.3 is 0 Å². The van der Waals surface area contributed by atoms with E-state index in [0.29, 0.717) is 16.7 Å². The largest absolute Gasteiger partial charge is 0.340 e. The van der Waals surface area contributed by atoms with Crippen LogP contribution in [-0.2, 0) is 0 Å². The summed E-state index contributed by atoms with van der Waals surface area (Å²) in [4.78, 5) is 4.07. The number of aromatic nitrogens is 2. The molecule has 0 radical (unpaired) electrons. The highest BCUT2D eigenvalue weighted by molar-refractivity contribution is 6.30. The zero-order valence-corrected chi connectivity index (χ0v) is 8.90. The molecule has 78 valence electrons. The van der Waals surface area contributed by atoms with Crippen molar-refractivity contribution in [2.45, 2.75) is 13.0 Å². The third-order valence-corrected chi connectivity index (χ3v) is 2.30. The van der Waals surface area contributed by atoms with Gasteiger partial charge in [0, 0.05) is 11.9 Å². The zero-order chi connectivity index (χ0) is 10.8. The maximum absolute atomic E-state index is 5.95. The number of nitrogens with zero attached hydrogens (tertiary/aromatic N) is 2. The first-order valence-corrected chi connectivity index (χ1v) is 4.86. The Bertz CT molecular complexity index is 452. The Balaban J connectivity index is 2.28. The van der Waals surface area contributed by atoms with Crippen molar-refractivity contribution in [1.82, 2.24) is 10.1 Å². The van der Waals surface area contributed by atoms with Crippen molar-refractivity contribution >= 4 is 11.6 Å². The van der Waals surface area contributed by atoms with Crippen molar-refractivity contribution in [3.05, 3.63) is 46.6 Å². The van der Waals surface area contributed by atoms with Gasteiger partial charge in [-0.3, -0.25) is 0 Å². The first kappa shape index (κ1) is 10.1. The van der Waals surface area contributed by atoms with Crippen molar-refractivity contribution in [2.75, 3.05) is 0 Å². The molecule has 5 heteroatoms. The number of rotatable bonds is 2. The van der Waals surface area contributed by atoms with Crippen molar-refractivity contribution in [3.63, 3.8) is 0 Å². The summed E-state index contributed by atoms with van der Waals surface area (Å²) in [6.45, 7) is 1.73. The van der Waals surface area contributed by atoms with E-state index in [0.717, 1.165) is 5.56 Å². The van der Waals surface area contributed by atoms with Crippen LogP contribution in [0.25, 0.3) is 0 Å². The molecule has 1 atom stereocenters. The van der Waals surface area contributed by atoms with Crippen molar-refractivity contribution in [3.8, 4) is 0 Å². The minimum atomic E-state index is -0.375. The third-order valence-electron chi connectivity index (χ3n) is 2.05.